The molecule has 110 valence electrons. The van der Waals surface area contributed by atoms with Crippen LogP contribution in [0.4, 0.5) is 0 Å². The fourth-order valence-electron chi connectivity index (χ4n) is 3.92. The van der Waals surface area contributed by atoms with Gasteiger partial charge in [0.2, 0.25) is 0 Å². The number of ether oxygens (including phenoxy) is 2. The first-order valence-corrected chi connectivity index (χ1v) is 7.55. The van der Waals surface area contributed by atoms with Gasteiger partial charge in [0.25, 0.3) is 0 Å². The second-order valence-electron chi connectivity index (χ2n) is 6.70. The Bertz CT molecular complexity index is 468. The number of nitrogens with one attached hydrogen (secondary N) is 1. The minimum absolute atomic E-state index is 0.238. The Labute approximate surface area is 121 Å². The summed E-state index contributed by atoms with van der Waals surface area (Å²) in [6, 6.07) is 9.25. The Morgan fingerprint density at radius 1 is 1.30 bits per heavy atom. The molecule has 1 heterocycles. The van der Waals surface area contributed by atoms with Crippen LogP contribution in [0, 0.1) is 11.3 Å². The number of hydrogen-bond acceptors (Lipinski definition) is 3. The first-order valence-electron chi connectivity index (χ1n) is 7.55. The van der Waals surface area contributed by atoms with Gasteiger partial charge in [-0.25, -0.2) is 0 Å². The SMILES string of the molecule is COc1ccc([C@@H](C)NC2C3CCOC3C2(C)C)cc1. The van der Waals surface area contributed by atoms with Gasteiger partial charge in [0, 0.05) is 30.0 Å². The summed E-state index contributed by atoms with van der Waals surface area (Å²) in [7, 11) is 1.70. The summed E-state index contributed by atoms with van der Waals surface area (Å²) in [6.07, 6.45) is 1.64. The molecule has 20 heavy (non-hydrogen) atoms. The number of rotatable bonds is 4. The first-order chi connectivity index (χ1) is 9.54. The van der Waals surface area contributed by atoms with E-state index >= 15 is 0 Å². The zero-order chi connectivity index (χ0) is 14.3. The molecule has 3 heteroatoms. The van der Waals surface area contributed by atoms with Crippen LogP contribution in [0.1, 0.15) is 38.8 Å². The van der Waals surface area contributed by atoms with Crippen LogP contribution >= 0.6 is 0 Å². The van der Waals surface area contributed by atoms with E-state index in [2.05, 4.69) is 38.2 Å². The van der Waals surface area contributed by atoms with E-state index in [9.17, 15) is 0 Å². The predicted molar refractivity (Wildman–Crippen MR) is 80.0 cm³/mol. The van der Waals surface area contributed by atoms with Crippen LogP contribution in [0.5, 0.6) is 5.75 Å². The molecule has 2 aliphatic rings. The third-order valence-corrected chi connectivity index (χ3v) is 5.15. The number of methoxy groups -OCH3 is 1. The maximum Gasteiger partial charge on any atom is 0.118 e. The van der Waals surface area contributed by atoms with Crippen LogP contribution in [-0.2, 0) is 4.74 Å². The smallest absolute Gasteiger partial charge is 0.118 e. The Morgan fingerprint density at radius 2 is 2.00 bits per heavy atom. The van der Waals surface area contributed by atoms with Crippen LogP contribution < -0.4 is 10.1 Å². The Balaban J connectivity index is 1.67. The second-order valence-corrected chi connectivity index (χ2v) is 6.70. The molecule has 1 aromatic carbocycles. The zero-order valence-corrected chi connectivity index (χ0v) is 12.8. The largest absolute Gasteiger partial charge is 0.497 e. The molecule has 3 rings (SSSR count). The molecule has 1 N–H and O–H groups in total. The number of hydrogen-bond donors (Lipinski definition) is 1. The highest BCUT2D eigenvalue weighted by Gasteiger charge is 2.59. The summed E-state index contributed by atoms with van der Waals surface area (Å²) in [5, 5.41) is 3.81. The summed E-state index contributed by atoms with van der Waals surface area (Å²) in [5.74, 6) is 1.60. The standard InChI is InChI=1S/C17H25NO2/c1-11(12-5-7-13(19-4)8-6-12)18-15-14-9-10-20-16(14)17(15,2)3/h5-8,11,14-16,18H,9-10H2,1-4H3/t11-,14?,15?,16?/m1/s1. The highest BCUT2D eigenvalue weighted by atomic mass is 16.5. The van der Waals surface area contributed by atoms with E-state index in [-0.39, 0.29) is 5.41 Å². The Morgan fingerprint density at radius 3 is 2.65 bits per heavy atom. The first kappa shape index (κ1) is 13.9. The summed E-state index contributed by atoms with van der Waals surface area (Å²) >= 11 is 0. The minimum Gasteiger partial charge on any atom is -0.497 e. The molecular formula is C17H25NO2. The average molecular weight is 275 g/mol. The van der Waals surface area contributed by atoms with E-state index in [1.165, 1.54) is 12.0 Å². The van der Waals surface area contributed by atoms with Gasteiger partial charge in [-0.05, 0) is 31.0 Å². The van der Waals surface area contributed by atoms with E-state index in [1.54, 1.807) is 7.11 Å². The van der Waals surface area contributed by atoms with E-state index in [0.29, 0.717) is 24.1 Å². The fourth-order valence-corrected chi connectivity index (χ4v) is 3.92. The molecule has 3 nitrogen and oxygen atoms in total. The van der Waals surface area contributed by atoms with Crippen LogP contribution in [-0.4, -0.2) is 25.9 Å². The predicted octanol–water partition coefficient (Wildman–Crippen LogP) is 3.16. The molecule has 0 radical (unpaired) electrons. The summed E-state index contributed by atoms with van der Waals surface area (Å²) in [6.45, 7) is 7.80. The van der Waals surface area contributed by atoms with Gasteiger partial charge in [0.15, 0.2) is 0 Å². The third-order valence-electron chi connectivity index (χ3n) is 5.15. The van der Waals surface area contributed by atoms with Crippen molar-refractivity contribution in [3.8, 4) is 5.75 Å². The van der Waals surface area contributed by atoms with Crippen molar-refractivity contribution < 1.29 is 9.47 Å². The molecule has 1 aliphatic heterocycles. The van der Waals surface area contributed by atoms with Crippen molar-refractivity contribution in [1.82, 2.24) is 5.32 Å². The van der Waals surface area contributed by atoms with Gasteiger partial charge in [0.05, 0.1) is 13.2 Å². The van der Waals surface area contributed by atoms with Crippen molar-refractivity contribution in [2.24, 2.45) is 11.3 Å². The Kier molecular flexibility index (Phi) is 3.51. The van der Waals surface area contributed by atoms with Gasteiger partial charge >= 0.3 is 0 Å². The zero-order valence-electron chi connectivity index (χ0n) is 12.8. The summed E-state index contributed by atoms with van der Waals surface area (Å²) in [5.41, 5.74) is 1.55. The molecule has 0 aromatic heterocycles. The van der Waals surface area contributed by atoms with Gasteiger partial charge in [-0.15, -0.1) is 0 Å². The van der Waals surface area contributed by atoms with E-state index < -0.39 is 0 Å². The van der Waals surface area contributed by atoms with Gasteiger partial charge in [-0.1, -0.05) is 26.0 Å². The minimum atomic E-state index is 0.238. The van der Waals surface area contributed by atoms with Crippen molar-refractivity contribution in [3.63, 3.8) is 0 Å². The summed E-state index contributed by atoms with van der Waals surface area (Å²) in [4.78, 5) is 0. The molecule has 1 saturated heterocycles. The van der Waals surface area contributed by atoms with E-state index in [0.717, 1.165) is 12.4 Å². The van der Waals surface area contributed by atoms with E-state index in [4.69, 9.17) is 9.47 Å². The van der Waals surface area contributed by atoms with Crippen LogP contribution in [0.25, 0.3) is 0 Å². The number of fused-ring (bicyclic) bond motifs is 1. The lowest BCUT2D eigenvalue weighted by Gasteiger charge is -2.55. The maximum atomic E-state index is 5.86. The third kappa shape index (κ3) is 2.13. The molecule has 4 atom stereocenters. The van der Waals surface area contributed by atoms with Crippen LogP contribution in [0.3, 0.4) is 0 Å². The highest BCUT2D eigenvalue weighted by Crippen LogP contribution is 2.52. The molecule has 0 spiro atoms. The quantitative estimate of drug-likeness (QED) is 0.915. The molecular weight excluding hydrogens is 250 g/mol. The second kappa shape index (κ2) is 5.05. The van der Waals surface area contributed by atoms with Gasteiger partial charge in [-0.2, -0.15) is 0 Å². The van der Waals surface area contributed by atoms with Crippen molar-refractivity contribution in [2.75, 3.05) is 13.7 Å². The highest BCUT2D eigenvalue weighted by molar-refractivity contribution is 5.29. The average Bonchev–Trinajstić information content (AvgIpc) is 2.91. The Hall–Kier alpha value is -1.06. The monoisotopic (exact) mass is 275 g/mol. The van der Waals surface area contributed by atoms with E-state index in [1.807, 2.05) is 12.1 Å². The molecule has 1 aliphatic carbocycles. The lowest BCUT2D eigenvalue weighted by molar-refractivity contribution is -0.115. The lowest BCUT2D eigenvalue weighted by atomic mass is 9.57. The van der Waals surface area contributed by atoms with Crippen molar-refractivity contribution in [3.05, 3.63) is 29.8 Å². The maximum absolute atomic E-state index is 5.86. The topological polar surface area (TPSA) is 30.5 Å². The van der Waals surface area contributed by atoms with Gasteiger partial charge in [0.1, 0.15) is 5.75 Å². The lowest BCUT2D eigenvalue weighted by Crippen LogP contribution is -2.66. The summed E-state index contributed by atoms with van der Waals surface area (Å²) < 4.78 is 11.1. The van der Waals surface area contributed by atoms with Crippen LogP contribution in [0.15, 0.2) is 24.3 Å². The molecule has 1 saturated carbocycles. The molecule has 0 amide bonds. The van der Waals surface area contributed by atoms with Gasteiger partial charge in [-0.3, -0.25) is 0 Å². The molecule has 0 bridgehead atoms. The molecule has 2 fully saturated rings. The van der Waals surface area contributed by atoms with Crippen molar-refractivity contribution in [2.45, 2.75) is 45.4 Å². The van der Waals surface area contributed by atoms with Gasteiger partial charge < -0.3 is 14.8 Å². The van der Waals surface area contributed by atoms with Crippen LogP contribution in [0.2, 0.25) is 0 Å². The van der Waals surface area contributed by atoms with Crippen molar-refractivity contribution in [1.29, 1.82) is 0 Å². The molecule has 3 unspecified atom stereocenters. The fraction of sp³-hybridized carbons (Fsp3) is 0.647. The normalized spacial score (nSPS) is 32.3. The number of benzene rings is 1. The molecule has 1 aromatic rings. The van der Waals surface area contributed by atoms with Crippen molar-refractivity contribution >= 4 is 0 Å².